The number of aryl methyl sites for hydroxylation is 1. The highest BCUT2D eigenvalue weighted by atomic mass is 35.5. The van der Waals surface area contributed by atoms with E-state index >= 15 is 0 Å². The van der Waals surface area contributed by atoms with Gasteiger partial charge < -0.3 is 5.11 Å². The first kappa shape index (κ1) is 10.5. The lowest BCUT2D eigenvalue weighted by Gasteiger charge is -2.13. The lowest BCUT2D eigenvalue weighted by atomic mass is 9.93. The maximum absolute atomic E-state index is 11.2. The van der Waals surface area contributed by atoms with Gasteiger partial charge in [0.1, 0.15) is 0 Å². The third kappa shape index (κ3) is 2.15. The SMILES string of the molecule is Cc1ccc(Cl)c(C(C(=O)O)C2CC2)c1. The van der Waals surface area contributed by atoms with Crippen LogP contribution in [0.4, 0.5) is 0 Å². The highest BCUT2D eigenvalue weighted by Gasteiger charge is 2.38. The van der Waals surface area contributed by atoms with Crippen molar-refractivity contribution in [3.63, 3.8) is 0 Å². The Kier molecular flexibility index (Phi) is 2.70. The average molecular weight is 225 g/mol. The van der Waals surface area contributed by atoms with Gasteiger partial charge in [0, 0.05) is 5.02 Å². The second kappa shape index (κ2) is 3.86. The molecule has 0 aliphatic heterocycles. The van der Waals surface area contributed by atoms with E-state index in [-0.39, 0.29) is 5.92 Å². The van der Waals surface area contributed by atoms with Crippen LogP contribution in [-0.2, 0) is 4.79 Å². The molecule has 3 heteroatoms. The molecule has 2 rings (SSSR count). The lowest BCUT2D eigenvalue weighted by molar-refractivity contribution is -0.139. The van der Waals surface area contributed by atoms with E-state index in [1.54, 1.807) is 6.07 Å². The Labute approximate surface area is 93.9 Å². The molecule has 1 aromatic carbocycles. The van der Waals surface area contributed by atoms with Crippen LogP contribution in [0.3, 0.4) is 0 Å². The molecule has 0 aromatic heterocycles. The summed E-state index contributed by atoms with van der Waals surface area (Å²) in [5, 5.41) is 9.76. The van der Waals surface area contributed by atoms with E-state index in [1.807, 2.05) is 19.1 Å². The van der Waals surface area contributed by atoms with Gasteiger partial charge in [0.15, 0.2) is 0 Å². The predicted molar refractivity (Wildman–Crippen MR) is 59.3 cm³/mol. The minimum absolute atomic E-state index is 0.279. The highest BCUT2D eigenvalue weighted by molar-refractivity contribution is 6.31. The zero-order valence-electron chi connectivity index (χ0n) is 8.53. The number of hydrogen-bond donors (Lipinski definition) is 1. The smallest absolute Gasteiger partial charge is 0.311 e. The summed E-state index contributed by atoms with van der Waals surface area (Å²) in [5.41, 5.74) is 1.83. The van der Waals surface area contributed by atoms with Crippen LogP contribution in [0.5, 0.6) is 0 Å². The Bertz CT molecular complexity index is 397. The molecule has 2 nitrogen and oxygen atoms in total. The van der Waals surface area contributed by atoms with Crippen molar-refractivity contribution in [2.45, 2.75) is 25.7 Å². The Morgan fingerprint density at radius 2 is 2.20 bits per heavy atom. The molecule has 0 saturated heterocycles. The Morgan fingerprint density at radius 1 is 1.53 bits per heavy atom. The quantitative estimate of drug-likeness (QED) is 0.856. The van der Waals surface area contributed by atoms with Crippen molar-refractivity contribution in [1.29, 1.82) is 0 Å². The average Bonchev–Trinajstić information content (AvgIpc) is 2.95. The molecule has 0 amide bonds. The lowest BCUT2D eigenvalue weighted by Crippen LogP contribution is -2.14. The van der Waals surface area contributed by atoms with E-state index in [9.17, 15) is 9.90 Å². The molecule has 0 bridgehead atoms. The van der Waals surface area contributed by atoms with Crippen molar-refractivity contribution in [2.24, 2.45) is 5.92 Å². The summed E-state index contributed by atoms with van der Waals surface area (Å²) in [7, 11) is 0. The van der Waals surface area contributed by atoms with Crippen molar-refractivity contribution in [2.75, 3.05) is 0 Å². The molecule has 1 saturated carbocycles. The summed E-state index contributed by atoms with van der Waals surface area (Å²) >= 11 is 6.04. The van der Waals surface area contributed by atoms with E-state index in [0.717, 1.165) is 24.0 Å². The van der Waals surface area contributed by atoms with E-state index < -0.39 is 11.9 Å². The Balaban J connectivity index is 2.40. The number of hydrogen-bond acceptors (Lipinski definition) is 1. The van der Waals surface area contributed by atoms with Gasteiger partial charge in [-0.25, -0.2) is 0 Å². The zero-order valence-corrected chi connectivity index (χ0v) is 9.29. The molecule has 1 fully saturated rings. The molecule has 0 spiro atoms. The first-order valence-electron chi connectivity index (χ1n) is 5.08. The highest BCUT2D eigenvalue weighted by Crippen LogP contribution is 2.44. The molecule has 1 aliphatic carbocycles. The number of halogens is 1. The first-order valence-corrected chi connectivity index (χ1v) is 5.46. The van der Waals surface area contributed by atoms with Crippen LogP contribution in [0.15, 0.2) is 18.2 Å². The maximum atomic E-state index is 11.2. The van der Waals surface area contributed by atoms with Crippen molar-refractivity contribution in [3.05, 3.63) is 34.3 Å². The number of benzene rings is 1. The number of aliphatic carboxylic acids is 1. The normalized spacial score (nSPS) is 17.5. The van der Waals surface area contributed by atoms with Crippen LogP contribution in [0.1, 0.15) is 29.9 Å². The molecular formula is C12H13ClO2. The van der Waals surface area contributed by atoms with Crippen LogP contribution in [0.25, 0.3) is 0 Å². The van der Waals surface area contributed by atoms with Gasteiger partial charge in [-0.1, -0.05) is 29.3 Å². The molecule has 1 unspecified atom stereocenters. The molecule has 80 valence electrons. The van der Waals surface area contributed by atoms with Crippen LogP contribution < -0.4 is 0 Å². The van der Waals surface area contributed by atoms with Gasteiger partial charge in [-0.3, -0.25) is 4.79 Å². The van der Waals surface area contributed by atoms with Crippen LogP contribution >= 0.6 is 11.6 Å². The Hall–Kier alpha value is -1.02. The fourth-order valence-electron chi connectivity index (χ4n) is 1.92. The molecule has 1 N–H and O–H groups in total. The maximum Gasteiger partial charge on any atom is 0.311 e. The zero-order chi connectivity index (χ0) is 11.0. The predicted octanol–water partition coefficient (Wildman–Crippen LogP) is 3.23. The van der Waals surface area contributed by atoms with Gasteiger partial charge in [-0.15, -0.1) is 0 Å². The third-order valence-corrected chi connectivity index (χ3v) is 3.19. The summed E-state index contributed by atoms with van der Waals surface area (Å²) in [6, 6.07) is 5.57. The number of rotatable bonds is 3. The summed E-state index contributed by atoms with van der Waals surface area (Å²) in [4.78, 5) is 11.2. The summed E-state index contributed by atoms with van der Waals surface area (Å²) < 4.78 is 0. The molecule has 0 heterocycles. The molecular weight excluding hydrogens is 212 g/mol. The van der Waals surface area contributed by atoms with E-state index in [2.05, 4.69) is 0 Å². The number of carbonyl (C=O) groups is 1. The largest absolute Gasteiger partial charge is 0.481 e. The number of carboxylic acids is 1. The molecule has 0 radical (unpaired) electrons. The van der Waals surface area contributed by atoms with E-state index in [1.165, 1.54) is 0 Å². The summed E-state index contributed by atoms with van der Waals surface area (Å²) in [6.45, 7) is 1.95. The summed E-state index contributed by atoms with van der Waals surface area (Å²) in [5.74, 6) is -0.899. The fraction of sp³-hybridized carbons (Fsp3) is 0.417. The van der Waals surface area contributed by atoms with Gasteiger partial charge >= 0.3 is 5.97 Å². The van der Waals surface area contributed by atoms with Crippen LogP contribution in [0, 0.1) is 12.8 Å². The molecule has 1 atom stereocenters. The molecule has 1 aliphatic rings. The third-order valence-electron chi connectivity index (χ3n) is 2.85. The summed E-state index contributed by atoms with van der Waals surface area (Å²) in [6.07, 6.45) is 2.00. The van der Waals surface area contributed by atoms with Crippen molar-refractivity contribution in [3.8, 4) is 0 Å². The first-order chi connectivity index (χ1) is 7.09. The van der Waals surface area contributed by atoms with Gasteiger partial charge in [0.2, 0.25) is 0 Å². The molecule has 15 heavy (non-hydrogen) atoms. The minimum Gasteiger partial charge on any atom is -0.481 e. The number of carboxylic acid groups (broad SMARTS) is 1. The van der Waals surface area contributed by atoms with Crippen molar-refractivity contribution < 1.29 is 9.90 Å². The van der Waals surface area contributed by atoms with Gasteiger partial charge in [-0.05, 0) is 37.3 Å². The van der Waals surface area contributed by atoms with Gasteiger partial charge in [0.25, 0.3) is 0 Å². The molecule has 1 aromatic rings. The second-order valence-electron chi connectivity index (χ2n) is 4.18. The van der Waals surface area contributed by atoms with Gasteiger partial charge in [0.05, 0.1) is 5.92 Å². The van der Waals surface area contributed by atoms with Crippen molar-refractivity contribution in [1.82, 2.24) is 0 Å². The van der Waals surface area contributed by atoms with Crippen molar-refractivity contribution >= 4 is 17.6 Å². The van der Waals surface area contributed by atoms with Crippen LogP contribution in [0.2, 0.25) is 5.02 Å². The standard InChI is InChI=1S/C12H13ClO2/c1-7-2-5-10(13)9(6-7)11(12(14)15)8-3-4-8/h2,5-6,8,11H,3-4H2,1H3,(H,14,15). The van der Waals surface area contributed by atoms with Crippen LogP contribution in [-0.4, -0.2) is 11.1 Å². The van der Waals surface area contributed by atoms with E-state index in [4.69, 9.17) is 11.6 Å². The topological polar surface area (TPSA) is 37.3 Å². The van der Waals surface area contributed by atoms with E-state index in [0.29, 0.717) is 5.02 Å². The monoisotopic (exact) mass is 224 g/mol. The minimum atomic E-state index is -0.759. The fourth-order valence-corrected chi connectivity index (χ4v) is 2.15. The Morgan fingerprint density at radius 3 is 2.73 bits per heavy atom. The van der Waals surface area contributed by atoms with Gasteiger partial charge in [-0.2, -0.15) is 0 Å². The second-order valence-corrected chi connectivity index (χ2v) is 4.59.